The van der Waals surface area contributed by atoms with Crippen molar-refractivity contribution in [3.63, 3.8) is 0 Å². The molecule has 0 aromatic carbocycles. The largest absolute Gasteiger partial charge is 0.376 e. The van der Waals surface area contributed by atoms with Gasteiger partial charge in [0.15, 0.2) is 5.69 Å². The van der Waals surface area contributed by atoms with Crippen LogP contribution in [-0.2, 0) is 4.74 Å². The Balaban J connectivity index is 1.93. The number of carbonyl (C=O) groups excluding carboxylic acids is 1. The second-order valence-electron chi connectivity index (χ2n) is 4.24. The van der Waals surface area contributed by atoms with E-state index in [0.717, 1.165) is 12.8 Å². The predicted molar refractivity (Wildman–Crippen MR) is 59.5 cm³/mol. The van der Waals surface area contributed by atoms with Crippen LogP contribution < -0.4 is 5.32 Å². The molecule has 1 aliphatic rings. The van der Waals surface area contributed by atoms with Gasteiger partial charge in [0.05, 0.1) is 6.10 Å². The molecule has 1 aliphatic heterocycles. The molecule has 0 radical (unpaired) electrons. The van der Waals surface area contributed by atoms with Gasteiger partial charge in [0, 0.05) is 18.8 Å². The summed E-state index contributed by atoms with van der Waals surface area (Å²) in [5.41, 5.74) is 0.262. The molecule has 100 valence electrons. The van der Waals surface area contributed by atoms with Gasteiger partial charge in [0.25, 0.3) is 5.91 Å². The number of aryl methyl sites for hydroxylation is 1. The second kappa shape index (κ2) is 5.43. The number of carbonyl (C=O) groups is 1. The summed E-state index contributed by atoms with van der Waals surface area (Å²) in [7, 11) is 0. The number of rotatable bonds is 4. The summed E-state index contributed by atoms with van der Waals surface area (Å²) in [6, 6.07) is 1.34. The van der Waals surface area contributed by atoms with Crippen molar-refractivity contribution in [3.05, 3.63) is 17.5 Å². The standard InChI is InChI=1S/C11H15F2N3O2/c1-7-5-9(15-16(7)11(12)13)10(17)14-6-8-3-2-4-18-8/h5,8,11H,2-4,6H2,1H3,(H,14,17). The Morgan fingerprint density at radius 3 is 3.06 bits per heavy atom. The van der Waals surface area contributed by atoms with Crippen molar-refractivity contribution in [1.82, 2.24) is 15.1 Å². The zero-order chi connectivity index (χ0) is 13.1. The minimum atomic E-state index is -2.73. The van der Waals surface area contributed by atoms with Crippen molar-refractivity contribution in [2.24, 2.45) is 0 Å². The summed E-state index contributed by atoms with van der Waals surface area (Å²) in [6.45, 7) is -0.153. The zero-order valence-electron chi connectivity index (χ0n) is 10.0. The Hall–Kier alpha value is -1.50. The average Bonchev–Trinajstić information content (AvgIpc) is 2.94. The highest BCUT2D eigenvalue weighted by atomic mass is 19.3. The summed E-state index contributed by atoms with van der Waals surface area (Å²) in [4.78, 5) is 11.7. The molecule has 2 heterocycles. The summed E-state index contributed by atoms with van der Waals surface area (Å²) in [5, 5.41) is 6.20. The predicted octanol–water partition coefficient (Wildman–Crippen LogP) is 1.50. The molecule has 5 nitrogen and oxygen atoms in total. The smallest absolute Gasteiger partial charge is 0.333 e. The van der Waals surface area contributed by atoms with Crippen molar-refractivity contribution in [1.29, 1.82) is 0 Å². The molecule has 7 heteroatoms. The monoisotopic (exact) mass is 259 g/mol. The number of aromatic nitrogens is 2. The molecule has 2 rings (SSSR count). The molecule has 0 spiro atoms. The first kappa shape index (κ1) is 12.9. The third kappa shape index (κ3) is 2.84. The zero-order valence-corrected chi connectivity index (χ0v) is 10.0. The van der Waals surface area contributed by atoms with Gasteiger partial charge in [-0.1, -0.05) is 0 Å². The highest BCUT2D eigenvalue weighted by molar-refractivity contribution is 5.92. The number of hydrogen-bond donors (Lipinski definition) is 1. The number of ether oxygens (including phenoxy) is 1. The molecule has 1 aromatic heterocycles. The quantitative estimate of drug-likeness (QED) is 0.891. The summed E-state index contributed by atoms with van der Waals surface area (Å²) >= 11 is 0. The molecular formula is C11H15F2N3O2. The SMILES string of the molecule is Cc1cc(C(=O)NCC2CCCO2)nn1C(F)F. The Kier molecular flexibility index (Phi) is 3.90. The van der Waals surface area contributed by atoms with Gasteiger partial charge >= 0.3 is 6.55 Å². The lowest BCUT2D eigenvalue weighted by molar-refractivity contribution is 0.0537. The molecule has 1 N–H and O–H groups in total. The number of hydrogen-bond acceptors (Lipinski definition) is 3. The van der Waals surface area contributed by atoms with E-state index in [2.05, 4.69) is 10.4 Å². The highest BCUT2D eigenvalue weighted by Crippen LogP contribution is 2.14. The minimum absolute atomic E-state index is 0.00537. The van der Waals surface area contributed by atoms with Gasteiger partial charge in [-0.3, -0.25) is 4.79 Å². The molecular weight excluding hydrogens is 244 g/mol. The lowest BCUT2D eigenvalue weighted by Gasteiger charge is -2.09. The third-order valence-corrected chi connectivity index (χ3v) is 2.85. The first-order chi connectivity index (χ1) is 8.58. The maximum Gasteiger partial charge on any atom is 0.333 e. The summed E-state index contributed by atoms with van der Waals surface area (Å²) in [6.07, 6.45) is 1.91. The molecule has 1 aromatic rings. The van der Waals surface area contributed by atoms with Crippen molar-refractivity contribution in [3.8, 4) is 0 Å². The summed E-state index contributed by atoms with van der Waals surface area (Å²) in [5.74, 6) is -0.451. The van der Waals surface area contributed by atoms with Crippen LogP contribution in [0.5, 0.6) is 0 Å². The maximum atomic E-state index is 12.5. The van der Waals surface area contributed by atoms with Crippen LogP contribution >= 0.6 is 0 Å². The van der Waals surface area contributed by atoms with E-state index in [0.29, 0.717) is 17.8 Å². The lowest BCUT2D eigenvalue weighted by atomic mass is 10.2. The van der Waals surface area contributed by atoms with E-state index in [1.54, 1.807) is 0 Å². The fraction of sp³-hybridized carbons (Fsp3) is 0.636. The normalized spacial score (nSPS) is 19.4. The topological polar surface area (TPSA) is 56.1 Å². The van der Waals surface area contributed by atoms with E-state index in [9.17, 15) is 13.6 Å². The Labute approximate surface area is 103 Å². The van der Waals surface area contributed by atoms with Crippen molar-refractivity contribution < 1.29 is 18.3 Å². The van der Waals surface area contributed by atoms with E-state index >= 15 is 0 Å². The Morgan fingerprint density at radius 1 is 1.72 bits per heavy atom. The fourth-order valence-corrected chi connectivity index (χ4v) is 1.90. The average molecular weight is 259 g/mol. The van der Waals surface area contributed by atoms with Crippen LogP contribution in [0.15, 0.2) is 6.07 Å². The van der Waals surface area contributed by atoms with Crippen LogP contribution in [0.25, 0.3) is 0 Å². The van der Waals surface area contributed by atoms with Crippen LogP contribution in [-0.4, -0.2) is 34.9 Å². The third-order valence-electron chi connectivity index (χ3n) is 2.85. The minimum Gasteiger partial charge on any atom is -0.376 e. The van der Waals surface area contributed by atoms with E-state index in [1.165, 1.54) is 13.0 Å². The van der Waals surface area contributed by atoms with Crippen LogP contribution in [0, 0.1) is 6.92 Å². The van der Waals surface area contributed by atoms with E-state index in [4.69, 9.17) is 4.74 Å². The van der Waals surface area contributed by atoms with Crippen LogP contribution in [0.4, 0.5) is 8.78 Å². The van der Waals surface area contributed by atoms with Crippen molar-refractivity contribution in [2.45, 2.75) is 32.4 Å². The van der Waals surface area contributed by atoms with Crippen molar-refractivity contribution in [2.75, 3.05) is 13.2 Å². The van der Waals surface area contributed by atoms with Crippen LogP contribution in [0.3, 0.4) is 0 Å². The molecule has 1 fully saturated rings. The van der Waals surface area contributed by atoms with Gasteiger partial charge in [-0.2, -0.15) is 13.9 Å². The summed E-state index contributed by atoms with van der Waals surface area (Å²) < 4.78 is 30.8. The maximum absolute atomic E-state index is 12.5. The van der Waals surface area contributed by atoms with Crippen LogP contribution in [0.2, 0.25) is 0 Å². The molecule has 1 unspecified atom stereocenters. The van der Waals surface area contributed by atoms with Gasteiger partial charge in [-0.05, 0) is 25.8 Å². The van der Waals surface area contributed by atoms with Gasteiger partial charge in [-0.15, -0.1) is 0 Å². The van der Waals surface area contributed by atoms with E-state index < -0.39 is 12.5 Å². The highest BCUT2D eigenvalue weighted by Gasteiger charge is 2.19. The number of amides is 1. The number of nitrogens with zero attached hydrogens (tertiary/aromatic N) is 2. The molecule has 1 amide bonds. The van der Waals surface area contributed by atoms with Gasteiger partial charge in [0.1, 0.15) is 0 Å². The van der Waals surface area contributed by atoms with Gasteiger partial charge in [0.2, 0.25) is 0 Å². The van der Waals surface area contributed by atoms with Crippen LogP contribution in [0.1, 0.15) is 35.6 Å². The molecule has 18 heavy (non-hydrogen) atoms. The molecule has 0 saturated carbocycles. The first-order valence-corrected chi connectivity index (χ1v) is 5.82. The number of alkyl halides is 2. The molecule has 0 bridgehead atoms. The van der Waals surface area contributed by atoms with Gasteiger partial charge < -0.3 is 10.1 Å². The van der Waals surface area contributed by atoms with E-state index in [1.807, 2.05) is 0 Å². The Morgan fingerprint density at radius 2 is 2.50 bits per heavy atom. The lowest BCUT2D eigenvalue weighted by Crippen LogP contribution is -2.32. The Bertz CT molecular complexity index is 428. The van der Waals surface area contributed by atoms with Gasteiger partial charge in [-0.25, -0.2) is 4.68 Å². The number of nitrogens with one attached hydrogen (secondary N) is 1. The van der Waals surface area contributed by atoms with E-state index in [-0.39, 0.29) is 17.5 Å². The van der Waals surface area contributed by atoms with Crippen molar-refractivity contribution >= 4 is 5.91 Å². The molecule has 0 aliphatic carbocycles. The second-order valence-corrected chi connectivity index (χ2v) is 4.24. The molecule has 1 saturated heterocycles. The fourth-order valence-electron chi connectivity index (χ4n) is 1.90. The first-order valence-electron chi connectivity index (χ1n) is 5.82. The number of halogens is 2. The molecule has 1 atom stereocenters.